The number of piperazine rings is 1. The molecule has 0 spiro atoms. The van der Waals surface area contributed by atoms with Gasteiger partial charge in [-0.3, -0.25) is 0 Å². The molecule has 0 radical (unpaired) electrons. The van der Waals surface area contributed by atoms with Crippen LogP contribution in [0.4, 0.5) is 0 Å². The Balaban J connectivity index is 2.05. The molecule has 1 fully saturated rings. The summed E-state index contributed by atoms with van der Waals surface area (Å²) in [5.74, 6) is 2.55. The summed E-state index contributed by atoms with van der Waals surface area (Å²) in [5.41, 5.74) is 0. The van der Waals surface area contributed by atoms with Crippen molar-refractivity contribution < 1.29 is 0 Å². The molecule has 1 aliphatic rings. The van der Waals surface area contributed by atoms with Gasteiger partial charge >= 0.3 is 0 Å². The molecule has 84 valence electrons. The van der Waals surface area contributed by atoms with Crippen molar-refractivity contribution in [3.63, 3.8) is 0 Å². The van der Waals surface area contributed by atoms with Crippen LogP contribution in [0.2, 0.25) is 0 Å². The minimum absolute atomic E-state index is 0.702. The van der Waals surface area contributed by atoms with Gasteiger partial charge in [-0.05, 0) is 36.9 Å². The summed E-state index contributed by atoms with van der Waals surface area (Å²) in [5, 5.41) is 7.26. The fourth-order valence-corrected chi connectivity index (χ4v) is 2.73. The van der Waals surface area contributed by atoms with E-state index in [0.29, 0.717) is 12.1 Å². The van der Waals surface area contributed by atoms with Gasteiger partial charge in [0.25, 0.3) is 0 Å². The van der Waals surface area contributed by atoms with E-state index in [1.165, 1.54) is 24.3 Å². The van der Waals surface area contributed by atoms with Gasteiger partial charge in [-0.2, -0.15) is 23.5 Å². The Hall–Kier alpha value is 0.620. The van der Waals surface area contributed by atoms with Crippen LogP contribution in [0.1, 0.15) is 12.8 Å². The number of hydrogen-bond donors (Lipinski definition) is 2. The highest BCUT2D eigenvalue weighted by Crippen LogP contribution is 2.06. The summed E-state index contributed by atoms with van der Waals surface area (Å²) in [6, 6.07) is 1.40. The predicted octanol–water partition coefficient (Wildman–Crippen LogP) is 1.42. The van der Waals surface area contributed by atoms with Crippen LogP contribution in [-0.4, -0.2) is 49.2 Å². The average Bonchev–Trinajstić information content (AvgIpc) is 2.25. The third-order valence-corrected chi connectivity index (χ3v) is 3.93. The van der Waals surface area contributed by atoms with Crippen LogP contribution in [-0.2, 0) is 0 Å². The molecule has 1 aliphatic heterocycles. The van der Waals surface area contributed by atoms with Crippen molar-refractivity contribution in [2.24, 2.45) is 0 Å². The normalized spacial score (nSPS) is 27.9. The van der Waals surface area contributed by atoms with Crippen LogP contribution in [0.5, 0.6) is 0 Å². The Morgan fingerprint density at radius 1 is 0.929 bits per heavy atom. The summed E-state index contributed by atoms with van der Waals surface area (Å²) in [6.45, 7) is 2.30. The molecular weight excluding hydrogens is 212 g/mol. The van der Waals surface area contributed by atoms with Crippen molar-refractivity contribution in [1.29, 1.82) is 0 Å². The van der Waals surface area contributed by atoms with Gasteiger partial charge in [0.15, 0.2) is 0 Å². The largest absolute Gasteiger partial charge is 0.311 e. The SMILES string of the molecule is CSCCC1CNC(CCSC)CN1. The monoisotopic (exact) mass is 234 g/mol. The highest BCUT2D eigenvalue weighted by Gasteiger charge is 2.18. The zero-order valence-corrected chi connectivity index (χ0v) is 10.8. The van der Waals surface area contributed by atoms with E-state index in [1.807, 2.05) is 23.5 Å². The molecule has 0 aromatic carbocycles. The van der Waals surface area contributed by atoms with Crippen LogP contribution in [0.3, 0.4) is 0 Å². The lowest BCUT2D eigenvalue weighted by atomic mass is 10.1. The zero-order valence-electron chi connectivity index (χ0n) is 9.21. The van der Waals surface area contributed by atoms with Crippen LogP contribution in [0, 0.1) is 0 Å². The van der Waals surface area contributed by atoms with Gasteiger partial charge in [-0.25, -0.2) is 0 Å². The quantitative estimate of drug-likeness (QED) is 0.726. The second-order valence-corrected chi connectivity index (χ2v) is 5.74. The summed E-state index contributed by atoms with van der Waals surface area (Å²) < 4.78 is 0. The Bertz CT molecular complexity index is 120. The van der Waals surface area contributed by atoms with Crippen LogP contribution in [0.25, 0.3) is 0 Å². The van der Waals surface area contributed by atoms with Gasteiger partial charge in [0.2, 0.25) is 0 Å². The Morgan fingerprint density at radius 2 is 1.36 bits per heavy atom. The first kappa shape index (κ1) is 12.7. The Labute approximate surface area is 96.4 Å². The van der Waals surface area contributed by atoms with Crippen molar-refractivity contribution >= 4 is 23.5 Å². The molecule has 2 atom stereocenters. The first-order valence-electron chi connectivity index (χ1n) is 5.31. The molecule has 1 rings (SSSR count). The molecule has 14 heavy (non-hydrogen) atoms. The van der Waals surface area contributed by atoms with Crippen LogP contribution < -0.4 is 10.6 Å². The van der Waals surface area contributed by atoms with Gasteiger partial charge in [-0.1, -0.05) is 0 Å². The van der Waals surface area contributed by atoms with Crippen molar-refractivity contribution in [1.82, 2.24) is 10.6 Å². The van der Waals surface area contributed by atoms with Crippen molar-refractivity contribution in [3.8, 4) is 0 Å². The fraction of sp³-hybridized carbons (Fsp3) is 1.00. The van der Waals surface area contributed by atoms with E-state index in [0.717, 1.165) is 13.1 Å². The predicted molar refractivity (Wildman–Crippen MR) is 69.6 cm³/mol. The molecule has 0 amide bonds. The summed E-state index contributed by atoms with van der Waals surface area (Å²) in [4.78, 5) is 0. The van der Waals surface area contributed by atoms with Crippen LogP contribution in [0.15, 0.2) is 0 Å². The zero-order chi connectivity index (χ0) is 10.2. The average molecular weight is 234 g/mol. The third-order valence-electron chi connectivity index (χ3n) is 2.65. The molecule has 1 saturated heterocycles. The molecule has 2 unspecified atom stereocenters. The minimum Gasteiger partial charge on any atom is -0.311 e. The highest BCUT2D eigenvalue weighted by atomic mass is 32.2. The van der Waals surface area contributed by atoms with Crippen LogP contribution >= 0.6 is 23.5 Å². The third kappa shape index (κ3) is 4.91. The smallest absolute Gasteiger partial charge is 0.0201 e. The number of nitrogens with one attached hydrogen (secondary N) is 2. The molecule has 0 aromatic heterocycles. The second kappa shape index (κ2) is 7.85. The van der Waals surface area contributed by atoms with Gasteiger partial charge in [0.05, 0.1) is 0 Å². The molecule has 2 nitrogen and oxygen atoms in total. The number of hydrogen-bond acceptors (Lipinski definition) is 4. The summed E-state index contributed by atoms with van der Waals surface area (Å²) >= 11 is 3.88. The lowest BCUT2D eigenvalue weighted by Gasteiger charge is -2.31. The Morgan fingerprint density at radius 3 is 1.64 bits per heavy atom. The molecule has 0 bridgehead atoms. The van der Waals surface area contributed by atoms with E-state index < -0.39 is 0 Å². The lowest BCUT2D eigenvalue weighted by Crippen LogP contribution is -2.54. The maximum atomic E-state index is 3.63. The van der Waals surface area contributed by atoms with E-state index in [1.54, 1.807) is 0 Å². The standard InChI is InChI=1S/C10H22N2S2/c1-13-5-3-9-7-12-10(8-11-9)4-6-14-2/h9-12H,3-8H2,1-2H3. The number of rotatable bonds is 6. The van der Waals surface area contributed by atoms with Crippen molar-refractivity contribution in [2.75, 3.05) is 37.1 Å². The lowest BCUT2D eigenvalue weighted by molar-refractivity contribution is 0.336. The Kier molecular flexibility index (Phi) is 7.12. The van der Waals surface area contributed by atoms with E-state index in [4.69, 9.17) is 0 Å². The van der Waals surface area contributed by atoms with E-state index in [2.05, 4.69) is 23.1 Å². The van der Waals surface area contributed by atoms with Crippen molar-refractivity contribution in [3.05, 3.63) is 0 Å². The van der Waals surface area contributed by atoms with E-state index in [-0.39, 0.29) is 0 Å². The minimum atomic E-state index is 0.702. The van der Waals surface area contributed by atoms with Gasteiger partial charge in [0, 0.05) is 25.2 Å². The van der Waals surface area contributed by atoms with E-state index >= 15 is 0 Å². The summed E-state index contributed by atoms with van der Waals surface area (Å²) in [6.07, 6.45) is 6.95. The van der Waals surface area contributed by atoms with E-state index in [9.17, 15) is 0 Å². The molecule has 2 N–H and O–H groups in total. The maximum Gasteiger partial charge on any atom is 0.0201 e. The molecule has 1 heterocycles. The fourth-order valence-electron chi connectivity index (χ4n) is 1.69. The molecule has 0 aromatic rings. The second-order valence-electron chi connectivity index (χ2n) is 3.77. The molecule has 0 aliphatic carbocycles. The topological polar surface area (TPSA) is 24.1 Å². The molecular formula is C10H22N2S2. The van der Waals surface area contributed by atoms with Gasteiger partial charge in [0.1, 0.15) is 0 Å². The summed E-state index contributed by atoms with van der Waals surface area (Å²) in [7, 11) is 0. The number of thioether (sulfide) groups is 2. The van der Waals surface area contributed by atoms with Gasteiger partial charge in [-0.15, -0.1) is 0 Å². The van der Waals surface area contributed by atoms with Crippen molar-refractivity contribution in [2.45, 2.75) is 24.9 Å². The first-order chi connectivity index (χ1) is 6.86. The maximum absolute atomic E-state index is 3.63. The molecule has 0 saturated carbocycles. The first-order valence-corrected chi connectivity index (χ1v) is 8.10. The van der Waals surface area contributed by atoms with Gasteiger partial charge < -0.3 is 10.6 Å². The molecule has 4 heteroatoms. The highest BCUT2D eigenvalue weighted by molar-refractivity contribution is 7.98.